The number of nitrogens with two attached hydrogens (primary N) is 1. The third kappa shape index (κ3) is 1.59. The Labute approximate surface area is 78.2 Å². The van der Waals surface area contributed by atoms with Crippen molar-refractivity contribution < 1.29 is 0 Å². The molecule has 0 radical (unpaired) electrons. The van der Waals surface area contributed by atoms with Crippen molar-refractivity contribution in [3.8, 4) is 0 Å². The van der Waals surface area contributed by atoms with E-state index >= 15 is 0 Å². The Hall–Kier alpha value is -1.25. The number of hydrogen-bond acceptors (Lipinski definition) is 2. The molecule has 1 aliphatic carbocycles. The molecule has 0 spiro atoms. The van der Waals surface area contributed by atoms with Crippen molar-refractivity contribution in [2.45, 2.75) is 32.2 Å². The fraction of sp³-hybridized carbons (Fsp3) is 0.500. The minimum absolute atomic E-state index is 0.471. The second kappa shape index (κ2) is 3.24. The molecule has 2 N–H and O–H groups in total. The number of nitrogen functional groups attached to an aromatic ring is 1. The van der Waals surface area contributed by atoms with Gasteiger partial charge in [-0.25, -0.2) is 4.68 Å². The van der Waals surface area contributed by atoms with Gasteiger partial charge in [-0.1, -0.05) is 12.2 Å². The summed E-state index contributed by atoms with van der Waals surface area (Å²) in [6, 6.07) is 2.40. The lowest BCUT2D eigenvalue weighted by molar-refractivity contribution is 0.424. The number of rotatable bonds is 1. The van der Waals surface area contributed by atoms with E-state index in [4.69, 9.17) is 5.73 Å². The van der Waals surface area contributed by atoms with E-state index in [0.717, 1.165) is 30.8 Å². The molecule has 70 valence electrons. The van der Waals surface area contributed by atoms with Gasteiger partial charge in [-0.15, -0.1) is 0 Å². The van der Waals surface area contributed by atoms with E-state index in [1.54, 1.807) is 0 Å². The maximum absolute atomic E-state index is 5.85. The van der Waals surface area contributed by atoms with Crippen LogP contribution in [-0.4, -0.2) is 9.78 Å². The summed E-state index contributed by atoms with van der Waals surface area (Å²) in [5.74, 6) is 0.790. The average molecular weight is 177 g/mol. The van der Waals surface area contributed by atoms with Gasteiger partial charge < -0.3 is 5.73 Å². The van der Waals surface area contributed by atoms with E-state index in [0.29, 0.717) is 6.04 Å². The highest BCUT2D eigenvalue weighted by atomic mass is 15.3. The van der Waals surface area contributed by atoms with E-state index < -0.39 is 0 Å². The predicted octanol–water partition coefficient (Wildman–Crippen LogP) is 2.05. The van der Waals surface area contributed by atoms with Gasteiger partial charge in [0, 0.05) is 6.07 Å². The molecule has 1 aromatic heterocycles. The van der Waals surface area contributed by atoms with Crippen molar-refractivity contribution in [3.05, 3.63) is 23.9 Å². The van der Waals surface area contributed by atoms with Gasteiger partial charge >= 0.3 is 0 Å². The van der Waals surface area contributed by atoms with Crippen LogP contribution in [0.4, 0.5) is 5.82 Å². The third-order valence-electron chi connectivity index (χ3n) is 2.47. The molecule has 1 aliphatic rings. The number of allylic oxidation sites excluding steroid dienone is 2. The number of aromatic nitrogens is 2. The Morgan fingerprint density at radius 3 is 2.92 bits per heavy atom. The smallest absolute Gasteiger partial charge is 0.122 e. The van der Waals surface area contributed by atoms with Crippen LogP contribution in [0, 0.1) is 6.92 Å². The molecule has 0 aliphatic heterocycles. The minimum Gasteiger partial charge on any atom is -0.384 e. The minimum atomic E-state index is 0.471. The summed E-state index contributed by atoms with van der Waals surface area (Å²) in [5.41, 5.74) is 6.86. The third-order valence-corrected chi connectivity index (χ3v) is 2.47. The first-order valence-corrected chi connectivity index (χ1v) is 4.74. The molecule has 13 heavy (non-hydrogen) atoms. The van der Waals surface area contributed by atoms with Crippen molar-refractivity contribution >= 4 is 5.82 Å². The van der Waals surface area contributed by atoms with Gasteiger partial charge in [0.1, 0.15) is 5.82 Å². The summed E-state index contributed by atoms with van der Waals surface area (Å²) in [4.78, 5) is 0. The molecular formula is C10H15N3. The van der Waals surface area contributed by atoms with Gasteiger partial charge in [0.05, 0.1) is 11.7 Å². The predicted molar refractivity (Wildman–Crippen MR) is 53.4 cm³/mol. The number of aryl methyl sites for hydroxylation is 1. The lowest BCUT2D eigenvalue weighted by Gasteiger charge is -2.19. The van der Waals surface area contributed by atoms with Crippen LogP contribution in [0.25, 0.3) is 0 Å². The standard InChI is InChI=1S/C10H15N3/c1-8-7-10(11)13(12-8)9-5-3-2-4-6-9/h2-3,7,9H,4-6,11H2,1H3. The van der Waals surface area contributed by atoms with Crippen molar-refractivity contribution in [2.24, 2.45) is 0 Å². The summed E-state index contributed by atoms with van der Waals surface area (Å²) in [5, 5.41) is 4.39. The van der Waals surface area contributed by atoms with Crippen LogP contribution in [0.3, 0.4) is 0 Å². The molecule has 0 bridgehead atoms. The molecule has 1 aromatic rings. The SMILES string of the molecule is Cc1cc(N)n(C2CC=CCC2)n1. The van der Waals surface area contributed by atoms with Gasteiger partial charge in [0.15, 0.2) is 0 Å². The molecule has 1 unspecified atom stereocenters. The molecule has 0 aromatic carbocycles. The Balaban J connectivity index is 2.24. The van der Waals surface area contributed by atoms with Crippen LogP contribution >= 0.6 is 0 Å². The normalized spacial score (nSPS) is 22.1. The average Bonchev–Trinajstić information content (AvgIpc) is 2.47. The number of anilines is 1. The Morgan fingerprint density at radius 2 is 2.38 bits per heavy atom. The quantitative estimate of drug-likeness (QED) is 0.667. The highest BCUT2D eigenvalue weighted by Gasteiger charge is 2.14. The maximum Gasteiger partial charge on any atom is 0.122 e. The van der Waals surface area contributed by atoms with Crippen molar-refractivity contribution in [1.29, 1.82) is 0 Å². The lowest BCUT2D eigenvalue weighted by Crippen LogP contribution is -2.14. The van der Waals surface area contributed by atoms with Crippen LogP contribution in [0.1, 0.15) is 31.0 Å². The van der Waals surface area contributed by atoms with Crippen LogP contribution in [0.15, 0.2) is 18.2 Å². The highest BCUT2D eigenvalue weighted by Crippen LogP contribution is 2.25. The van der Waals surface area contributed by atoms with E-state index in [1.807, 2.05) is 17.7 Å². The van der Waals surface area contributed by atoms with Gasteiger partial charge in [-0.2, -0.15) is 5.10 Å². The van der Waals surface area contributed by atoms with Crippen molar-refractivity contribution in [2.75, 3.05) is 5.73 Å². The molecule has 1 atom stereocenters. The molecule has 0 fully saturated rings. The lowest BCUT2D eigenvalue weighted by atomic mass is 10.0. The zero-order chi connectivity index (χ0) is 9.26. The zero-order valence-electron chi connectivity index (χ0n) is 7.90. The van der Waals surface area contributed by atoms with Gasteiger partial charge in [-0.05, 0) is 26.2 Å². The topological polar surface area (TPSA) is 43.8 Å². The molecule has 3 heteroatoms. The van der Waals surface area contributed by atoms with E-state index in [1.165, 1.54) is 0 Å². The molecule has 2 rings (SSSR count). The van der Waals surface area contributed by atoms with Crippen molar-refractivity contribution in [1.82, 2.24) is 9.78 Å². The second-order valence-corrected chi connectivity index (χ2v) is 3.59. The van der Waals surface area contributed by atoms with E-state index in [2.05, 4.69) is 17.3 Å². The summed E-state index contributed by atoms with van der Waals surface area (Å²) in [7, 11) is 0. The Morgan fingerprint density at radius 1 is 1.54 bits per heavy atom. The van der Waals surface area contributed by atoms with Crippen LogP contribution < -0.4 is 5.73 Å². The molecule has 0 amide bonds. The summed E-state index contributed by atoms with van der Waals surface area (Å²) in [6.45, 7) is 1.98. The second-order valence-electron chi connectivity index (χ2n) is 3.59. The molecular weight excluding hydrogens is 162 g/mol. The summed E-state index contributed by atoms with van der Waals surface area (Å²) >= 11 is 0. The van der Waals surface area contributed by atoms with Crippen LogP contribution in [-0.2, 0) is 0 Å². The van der Waals surface area contributed by atoms with Gasteiger partial charge in [-0.3, -0.25) is 0 Å². The van der Waals surface area contributed by atoms with Gasteiger partial charge in [0.2, 0.25) is 0 Å². The molecule has 3 nitrogen and oxygen atoms in total. The Kier molecular flexibility index (Phi) is 2.08. The zero-order valence-corrected chi connectivity index (χ0v) is 7.90. The highest BCUT2D eigenvalue weighted by molar-refractivity contribution is 5.31. The number of hydrogen-bond donors (Lipinski definition) is 1. The maximum atomic E-state index is 5.85. The molecule has 1 heterocycles. The molecule has 0 saturated carbocycles. The van der Waals surface area contributed by atoms with Gasteiger partial charge in [0.25, 0.3) is 0 Å². The largest absolute Gasteiger partial charge is 0.384 e. The van der Waals surface area contributed by atoms with Crippen LogP contribution in [0.5, 0.6) is 0 Å². The summed E-state index contributed by atoms with van der Waals surface area (Å²) < 4.78 is 1.96. The van der Waals surface area contributed by atoms with Crippen molar-refractivity contribution in [3.63, 3.8) is 0 Å². The Bertz CT molecular complexity index is 325. The van der Waals surface area contributed by atoms with Crippen LogP contribution in [0.2, 0.25) is 0 Å². The van der Waals surface area contributed by atoms with E-state index in [9.17, 15) is 0 Å². The summed E-state index contributed by atoms with van der Waals surface area (Å²) in [6.07, 6.45) is 7.80. The van der Waals surface area contributed by atoms with E-state index in [-0.39, 0.29) is 0 Å². The monoisotopic (exact) mass is 177 g/mol. The fourth-order valence-corrected chi connectivity index (χ4v) is 1.83. The first kappa shape index (κ1) is 8.35. The molecule has 0 saturated heterocycles. The first-order chi connectivity index (χ1) is 6.27. The fourth-order valence-electron chi connectivity index (χ4n) is 1.83. The first-order valence-electron chi connectivity index (χ1n) is 4.74. The number of nitrogens with zero attached hydrogens (tertiary/aromatic N) is 2.